The highest BCUT2D eigenvalue weighted by molar-refractivity contribution is 7.99. The van der Waals surface area contributed by atoms with Crippen molar-refractivity contribution >= 4 is 27.6 Å². The number of rotatable bonds is 9. The SMILES string of the molecule is CN=C(NCCCS(=O)(=O)Cc1ccccc1)NCC(C)(C)SC. The molecule has 0 saturated carbocycles. The standard InChI is InChI=1S/C17H29N3O2S2/c1-17(2,23-4)14-20-16(18-3)19-11-8-12-24(21,22)13-15-9-6-5-7-10-15/h5-7,9-10H,8,11-14H2,1-4H3,(H2,18,19,20). The Kier molecular flexibility index (Phi) is 8.62. The minimum absolute atomic E-state index is 0.0999. The molecule has 1 rings (SSSR count). The molecule has 1 aromatic carbocycles. The molecule has 5 nitrogen and oxygen atoms in total. The van der Waals surface area contributed by atoms with E-state index in [0.717, 1.165) is 12.1 Å². The van der Waals surface area contributed by atoms with Gasteiger partial charge in [0, 0.05) is 24.9 Å². The van der Waals surface area contributed by atoms with Crippen molar-refractivity contribution < 1.29 is 8.42 Å². The number of benzene rings is 1. The second-order valence-corrected chi connectivity index (χ2v) is 9.95. The molecule has 136 valence electrons. The summed E-state index contributed by atoms with van der Waals surface area (Å²) < 4.78 is 24.4. The van der Waals surface area contributed by atoms with Gasteiger partial charge in [-0.15, -0.1) is 0 Å². The van der Waals surface area contributed by atoms with Crippen molar-refractivity contribution in [2.45, 2.75) is 30.8 Å². The summed E-state index contributed by atoms with van der Waals surface area (Å²) in [6.07, 6.45) is 2.64. The first kappa shape index (κ1) is 20.8. The van der Waals surface area contributed by atoms with Gasteiger partial charge in [0.15, 0.2) is 15.8 Å². The Labute approximate surface area is 150 Å². The average molecular weight is 372 g/mol. The summed E-state index contributed by atoms with van der Waals surface area (Å²) in [5, 5.41) is 6.43. The van der Waals surface area contributed by atoms with Gasteiger partial charge < -0.3 is 10.6 Å². The Hall–Kier alpha value is -1.21. The van der Waals surface area contributed by atoms with Crippen LogP contribution in [0.25, 0.3) is 0 Å². The van der Waals surface area contributed by atoms with Crippen LogP contribution in [0.3, 0.4) is 0 Å². The van der Waals surface area contributed by atoms with Gasteiger partial charge in [0.05, 0.1) is 11.5 Å². The molecule has 0 amide bonds. The van der Waals surface area contributed by atoms with Crippen LogP contribution in [-0.2, 0) is 15.6 Å². The Morgan fingerprint density at radius 1 is 1.21 bits per heavy atom. The van der Waals surface area contributed by atoms with Gasteiger partial charge in [0.25, 0.3) is 0 Å². The molecule has 0 aliphatic rings. The van der Waals surface area contributed by atoms with Gasteiger partial charge in [-0.2, -0.15) is 11.8 Å². The number of guanidine groups is 1. The molecule has 0 unspecified atom stereocenters. The van der Waals surface area contributed by atoms with Crippen molar-refractivity contribution in [2.24, 2.45) is 4.99 Å². The minimum Gasteiger partial charge on any atom is -0.356 e. The number of hydrogen-bond acceptors (Lipinski definition) is 4. The van der Waals surface area contributed by atoms with Crippen molar-refractivity contribution in [3.8, 4) is 0 Å². The maximum Gasteiger partial charge on any atom is 0.191 e. The number of hydrogen-bond donors (Lipinski definition) is 2. The minimum atomic E-state index is -3.08. The van der Waals surface area contributed by atoms with Crippen molar-refractivity contribution in [2.75, 3.05) is 32.1 Å². The number of nitrogens with one attached hydrogen (secondary N) is 2. The number of aliphatic imine (C=N–C) groups is 1. The van der Waals surface area contributed by atoms with Crippen LogP contribution in [0.5, 0.6) is 0 Å². The van der Waals surface area contributed by atoms with Gasteiger partial charge in [0.1, 0.15) is 0 Å². The first-order valence-corrected chi connectivity index (χ1v) is 11.1. The topological polar surface area (TPSA) is 70.6 Å². The van der Waals surface area contributed by atoms with Gasteiger partial charge in [-0.1, -0.05) is 30.3 Å². The third-order valence-electron chi connectivity index (χ3n) is 3.61. The summed E-state index contributed by atoms with van der Waals surface area (Å²) in [6.45, 7) is 5.69. The zero-order valence-corrected chi connectivity index (χ0v) is 16.6. The largest absolute Gasteiger partial charge is 0.356 e. The lowest BCUT2D eigenvalue weighted by Gasteiger charge is -2.23. The fraction of sp³-hybridized carbons (Fsp3) is 0.588. The van der Waals surface area contributed by atoms with Gasteiger partial charge >= 0.3 is 0 Å². The Bertz CT molecular complexity index is 614. The van der Waals surface area contributed by atoms with Gasteiger partial charge in [-0.3, -0.25) is 4.99 Å². The summed E-state index contributed by atoms with van der Waals surface area (Å²) in [5.41, 5.74) is 0.835. The fourth-order valence-corrected chi connectivity index (χ4v) is 3.63. The number of thioether (sulfide) groups is 1. The maximum atomic E-state index is 12.1. The normalized spacial score (nSPS) is 12.9. The van der Waals surface area contributed by atoms with E-state index in [1.807, 2.05) is 30.3 Å². The molecule has 0 aliphatic heterocycles. The molecule has 0 radical (unpaired) electrons. The fourth-order valence-electron chi connectivity index (χ4n) is 1.99. The zero-order chi connectivity index (χ0) is 18.1. The summed E-state index contributed by atoms with van der Waals surface area (Å²) in [4.78, 5) is 4.16. The van der Waals surface area contributed by atoms with Gasteiger partial charge in [-0.05, 0) is 32.1 Å². The van der Waals surface area contributed by atoms with E-state index < -0.39 is 9.84 Å². The lowest BCUT2D eigenvalue weighted by atomic mass is 10.2. The maximum absolute atomic E-state index is 12.1. The van der Waals surface area contributed by atoms with Crippen LogP contribution < -0.4 is 10.6 Å². The Balaban J connectivity index is 2.33. The van der Waals surface area contributed by atoms with Crippen LogP contribution in [0.1, 0.15) is 25.8 Å². The number of sulfone groups is 1. The van der Waals surface area contributed by atoms with E-state index in [1.165, 1.54) is 0 Å². The first-order chi connectivity index (χ1) is 11.3. The molecular formula is C17H29N3O2S2. The molecule has 0 aromatic heterocycles. The van der Waals surface area contributed by atoms with Crippen molar-refractivity contribution in [1.82, 2.24) is 10.6 Å². The molecule has 0 aliphatic carbocycles. The van der Waals surface area contributed by atoms with Crippen LogP contribution >= 0.6 is 11.8 Å². The van der Waals surface area contributed by atoms with Crippen LogP contribution in [0.2, 0.25) is 0 Å². The molecule has 0 spiro atoms. The summed E-state index contributed by atoms with van der Waals surface area (Å²) in [5.74, 6) is 0.975. The predicted octanol–water partition coefficient (Wildman–Crippen LogP) is 2.30. The predicted molar refractivity (Wildman–Crippen MR) is 106 cm³/mol. The van der Waals surface area contributed by atoms with Crippen LogP contribution in [0.15, 0.2) is 35.3 Å². The van der Waals surface area contributed by atoms with Gasteiger partial charge in [0.2, 0.25) is 0 Å². The molecule has 0 saturated heterocycles. The smallest absolute Gasteiger partial charge is 0.191 e. The third-order valence-corrected chi connectivity index (χ3v) is 6.55. The van der Waals surface area contributed by atoms with E-state index in [-0.39, 0.29) is 16.3 Å². The molecule has 24 heavy (non-hydrogen) atoms. The zero-order valence-electron chi connectivity index (χ0n) is 15.0. The van der Waals surface area contributed by atoms with E-state index in [0.29, 0.717) is 18.9 Å². The quantitative estimate of drug-likeness (QED) is 0.396. The highest BCUT2D eigenvalue weighted by Gasteiger charge is 2.16. The number of nitrogens with zero attached hydrogens (tertiary/aromatic N) is 1. The lowest BCUT2D eigenvalue weighted by molar-refractivity contribution is 0.591. The molecule has 0 heterocycles. The summed E-state index contributed by atoms with van der Waals surface area (Å²) >= 11 is 1.79. The average Bonchev–Trinajstić information content (AvgIpc) is 2.54. The van der Waals surface area contributed by atoms with Crippen molar-refractivity contribution in [3.05, 3.63) is 35.9 Å². The van der Waals surface area contributed by atoms with E-state index >= 15 is 0 Å². The highest BCUT2D eigenvalue weighted by atomic mass is 32.2. The van der Waals surface area contributed by atoms with Crippen LogP contribution in [0.4, 0.5) is 0 Å². The van der Waals surface area contributed by atoms with Crippen molar-refractivity contribution in [1.29, 1.82) is 0 Å². The third kappa shape index (κ3) is 8.59. The molecule has 2 N–H and O–H groups in total. The molecular weight excluding hydrogens is 342 g/mol. The Morgan fingerprint density at radius 3 is 2.46 bits per heavy atom. The molecule has 0 bridgehead atoms. The van der Waals surface area contributed by atoms with Crippen LogP contribution in [0, 0.1) is 0 Å². The molecule has 0 atom stereocenters. The van der Waals surface area contributed by atoms with Crippen LogP contribution in [-0.4, -0.2) is 51.3 Å². The van der Waals surface area contributed by atoms with Crippen molar-refractivity contribution in [3.63, 3.8) is 0 Å². The monoisotopic (exact) mass is 371 g/mol. The summed E-state index contributed by atoms with van der Waals surface area (Å²) in [6, 6.07) is 9.29. The van der Waals surface area contributed by atoms with Gasteiger partial charge in [-0.25, -0.2) is 8.42 Å². The highest BCUT2D eigenvalue weighted by Crippen LogP contribution is 2.19. The van der Waals surface area contributed by atoms with E-state index in [2.05, 4.69) is 35.7 Å². The molecule has 7 heteroatoms. The second kappa shape index (κ2) is 9.93. The first-order valence-electron chi connectivity index (χ1n) is 8.02. The van der Waals surface area contributed by atoms with E-state index in [1.54, 1.807) is 18.8 Å². The second-order valence-electron chi connectivity index (χ2n) is 6.25. The summed E-state index contributed by atoms with van der Waals surface area (Å²) in [7, 11) is -1.37. The van der Waals surface area contributed by atoms with E-state index in [9.17, 15) is 8.42 Å². The molecule has 1 aromatic rings. The Morgan fingerprint density at radius 2 is 1.88 bits per heavy atom. The lowest BCUT2D eigenvalue weighted by Crippen LogP contribution is -2.43. The molecule has 0 fully saturated rings. The van der Waals surface area contributed by atoms with E-state index in [4.69, 9.17) is 0 Å².